The molecule has 0 bridgehead atoms. The van der Waals surface area contributed by atoms with Crippen molar-refractivity contribution in [3.05, 3.63) is 30.1 Å². The normalized spacial score (nSPS) is 18.4. The van der Waals surface area contributed by atoms with Gasteiger partial charge in [0.25, 0.3) is 0 Å². The number of carboxylic acids is 1. The summed E-state index contributed by atoms with van der Waals surface area (Å²) in [5, 5.41) is 8.93. The summed E-state index contributed by atoms with van der Waals surface area (Å²) in [5.74, 6) is -1.26. The minimum absolute atomic E-state index is 0.124. The van der Waals surface area contributed by atoms with Gasteiger partial charge in [-0.3, -0.25) is 9.78 Å². The van der Waals surface area contributed by atoms with Gasteiger partial charge in [0.15, 0.2) is 0 Å². The molecule has 1 aromatic heterocycles. The van der Waals surface area contributed by atoms with Gasteiger partial charge in [-0.1, -0.05) is 0 Å². The molecule has 1 atom stereocenters. The first-order chi connectivity index (χ1) is 9.08. The van der Waals surface area contributed by atoms with Crippen LogP contribution in [0.5, 0.6) is 0 Å². The molecule has 6 nitrogen and oxygen atoms in total. The van der Waals surface area contributed by atoms with Crippen LogP contribution in [-0.2, 0) is 11.3 Å². The third kappa shape index (κ3) is 3.21. The maximum atomic E-state index is 12.2. The molecule has 0 aliphatic carbocycles. The van der Waals surface area contributed by atoms with Gasteiger partial charge >= 0.3 is 12.0 Å². The lowest BCUT2D eigenvalue weighted by Crippen LogP contribution is -2.39. The molecule has 2 amide bonds. The van der Waals surface area contributed by atoms with Crippen molar-refractivity contribution in [3.63, 3.8) is 0 Å². The van der Waals surface area contributed by atoms with Gasteiger partial charge in [0.2, 0.25) is 0 Å². The number of carboxylic acid groups (broad SMARTS) is 1. The smallest absolute Gasteiger partial charge is 0.320 e. The number of hydrogen-bond donors (Lipinski definition) is 1. The second-order valence-electron chi connectivity index (χ2n) is 4.76. The second kappa shape index (κ2) is 5.69. The van der Waals surface area contributed by atoms with Crippen molar-refractivity contribution < 1.29 is 14.7 Å². The molecule has 1 fully saturated rings. The van der Waals surface area contributed by atoms with E-state index in [2.05, 4.69) is 4.98 Å². The van der Waals surface area contributed by atoms with E-state index in [-0.39, 0.29) is 6.03 Å². The molecule has 0 aromatic carbocycles. The van der Waals surface area contributed by atoms with Crippen LogP contribution in [0.2, 0.25) is 0 Å². The van der Waals surface area contributed by atoms with Crippen LogP contribution in [0, 0.1) is 5.92 Å². The van der Waals surface area contributed by atoms with Crippen molar-refractivity contribution >= 4 is 12.0 Å². The molecule has 2 heterocycles. The van der Waals surface area contributed by atoms with E-state index in [1.807, 2.05) is 12.1 Å². The lowest BCUT2D eigenvalue weighted by atomic mass is 10.1. The standard InChI is InChI=1S/C13H17N3O3/c1-15(8-10-2-5-14-6-3-10)13(19)16-7-4-11(9-16)12(17)18/h2-3,5-6,11H,4,7-9H2,1H3,(H,17,18). The third-order valence-corrected chi connectivity index (χ3v) is 3.30. The van der Waals surface area contributed by atoms with E-state index in [0.29, 0.717) is 26.1 Å². The Bertz CT molecular complexity index is 463. The molecule has 19 heavy (non-hydrogen) atoms. The van der Waals surface area contributed by atoms with Crippen LogP contribution in [0.1, 0.15) is 12.0 Å². The molecule has 1 saturated heterocycles. The Morgan fingerprint density at radius 3 is 2.74 bits per heavy atom. The fourth-order valence-corrected chi connectivity index (χ4v) is 2.21. The molecule has 1 aromatic rings. The Balaban J connectivity index is 1.91. The topological polar surface area (TPSA) is 73.7 Å². The van der Waals surface area contributed by atoms with Crippen LogP contribution < -0.4 is 0 Å². The minimum atomic E-state index is -0.827. The summed E-state index contributed by atoms with van der Waals surface area (Å²) >= 11 is 0. The number of aromatic nitrogens is 1. The fourth-order valence-electron chi connectivity index (χ4n) is 2.21. The zero-order chi connectivity index (χ0) is 13.8. The number of nitrogens with zero attached hydrogens (tertiary/aromatic N) is 3. The van der Waals surface area contributed by atoms with Crippen LogP contribution in [-0.4, -0.2) is 52.0 Å². The predicted octanol–water partition coefficient (Wildman–Crippen LogP) is 1.04. The van der Waals surface area contributed by atoms with Crippen molar-refractivity contribution in [2.75, 3.05) is 20.1 Å². The van der Waals surface area contributed by atoms with Gasteiger partial charge < -0.3 is 14.9 Å². The van der Waals surface area contributed by atoms with Crippen molar-refractivity contribution in [1.82, 2.24) is 14.8 Å². The van der Waals surface area contributed by atoms with Crippen LogP contribution >= 0.6 is 0 Å². The monoisotopic (exact) mass is 263 g/mol. The number of urea groups is 1. The first kappa shape index (κ1) is 13.3. The molecular weight excluding hydrogens is 246 g/mol. The number of carbonyl (C=O) groups is 2. The van der Waals surface area contributed by atoms with Crippen molar-refractivity contribution in [3.8, 4) is 0 Å². The molecule has 1 aliphatic heterocycles. The molecule has 0 saturated carbocycles. The average molecular weight is 263 g/mol. The summed E-state index contributed by atoms with van der Waals surface area (Å²) in [6.45, 7) is 1.31. The molecule has 1 N–H and O–H groups in total. The molecule has 1 aliphatic rings. The first-order valence-electron chi connectivity index (χ1n) is 6.19. The summed E-state index contributed by atoms with van der Waals surface area (Å²) in [5.41, 5.74) is 1.000. The number of rotatable bonds is 3. The summed E-state index contributed by atoms with van der Waals surface area (Å²) < 4.78 is 0. The summed E-state index contributed by atoms with van der Waals surface area (Å²) in [4.78, 5) is 30.2. The zero-order valence-electron chi connectivity index (χ0n) is 10.8. The number of pyridine rings is 1. The molecule has 6 heteroatoms. The Labute approximate surface area is 111 Å². The number of hydrogen-bond acceptors (Lipinski definition) is 3. The van der Waals surface area contributed by atoms with Crippen LogP contribution in [0.3, 0.4) is 0 Å². The zero-order valence-corrected chi connectivity index (χ0v) is 10.8. The van der Waals surface area contributed by atoms with Gasteiger partial charge in [0.1, 0.15) is 0 Å². The van der Waals surface area contributed by atoms with E-state index in [1.165, 1.54) is 0 Å². The quantitative estimate of drug-likeness (QED) is 0.884. The maximum absolute atomic E-state index is 12.2. The van der Waals surface area contributed by atoms with Gasteiger partial charge in [-0.25, -0.2) is 4.79 Å². The number of amides is 2. The highest BCUT2D eigenvalue weighted by Gasteiger charge is 2.32. The number of carbonyl (C=O) groups excluding carboxylic acids is 1. The van der Waals surface area contributed by atoms with Crippen LogP contribution in [0.4, 0.5) is 4.79 Å². The fraction of sp³-hybridized carbons (Fsp3) is 0.462. The van der Waals surface area contributed by atoms with Gasteiger partial charge in [-0.15, -0.1) is 0 Å². The molecule has 102 valence electrons. The van der Waals surface area contributed by atoms with Crippen molar-refractivity contribution in [1.29, 1.82) is 0 Å². The Morgan fingerprint density at radius 2 is 2.16 bits per heavy atom. The van der Waals surface area contributed by atoms with E-state index in [0.717, 1.165) is 5.56 Å². The summed E-state index contributed by atoms with van der Waals surface area (Å²) in [6, 6.07) is 3.59. The van der Waals surface area contributed by atoms with Crippen LogP contribution in [0.25, 0.3) is 0 Å². The Kier molecular flexibility index (Phi) is 3.99. The van der Waals surface area contributed by atoms with Crippen molar-refractivity contribution in [2.45, 2.75) is 13.0 Å². The van der Waals surface area contributed by atoms with E-state index < -0.39 is 11.9 Å². The molecule has 1 unspecified atom stereocenters. The van der Waals surface area contributed by atoms with Gasteiger partial charge in [-0.05, 0) is 24.1 Å². The molecular formula is C13H17N3O3. The first-order valence-corrected chi connectivity index (χ1v) is 6.19. The predicted molar refractivity (Wildman–Crippen MR) is 68.4 cm³/mol. The highest BCUT2D eigenvalue weighted by atomic mass is 16.4. The lowest BCUT2D eigenvalue weighted by molar-refractivity contribution is -0.141. The maximum Gasteiger partial charge on any atom is 0.320 e. The average Bonchev–Trinajstić information content (AvgIpc) is 2.88. The third-order valence-electron chi connectivity index (χ3n) is 3.30. The van der Waals surface area contributed by atoms with Crippen LogP contribution in [0.15, 0.2) is 24.5 Å². The largest absolute Gasteiger partial charge is 0.481 e. The highest BCUT2D eigenvalue weighted by molar-refractivity contribution is 5.77. The minimum Gasteiger partial charge on any atom is -0.481 e. The van der Waals surface area contributed by atoms with E-state index in [9.17, 15) is 9.59 Å². The molecule has 2 rings (SSSR count). The Morgan fingerprint density at radius 1 is 1.47 bits per heavy atom. The SMILES string of the molecule is CN(Cc1ccncc1)C(=O)N1CCC(C(=O)O)C1. The number of aliphatic carboxylic acids is 1. The lowest BCUT2D eigenvalue weighted by Gasteiger charge is -2.24. The summed E-state index contributed by atoms with van der Waals surface area (Å²) in [6.07, 6.45) is 3.90. The number of likely N-dealkylation sites (tertiary alicyclic amines) is 1. The van der Waals surface area contributed by atoms with E-state index >= 15 is 0 Å². The molecule has 0 radical (unpaired) electrons. The second-order valence-corrected chi connectivity index (χ2v) is 4.76. The highest BCUT2D eigenvalue weighted by Crippen LogP contribution is 2.18. The van der Waals surface area contributed by atoms with Gasteiger partial charge in [0.05, 0.1) is 5.92 Å². The van der Waals surface area contributed by atoms with E-state index in [1.54, 1.807) is 29.2 Å². The van der Waals surface area contributed by atoms with Gasteiger partial charge in [-0.2, -0.15) is 0 Å². The Hall–Kier alpha value is -2.11. The van der Waals surface area contributed by atoms with Crippen molar-refractivity contribution in [2.24, 2.45) is 5.92 Å². The molecule has 0 spiro atoms. The summed E-state index contributed by atoms with van der Waals surface area (Å²) in [7, 11) is 1.72. The van der Waals surface area contributed by atoms with E-state index in [4.69, 9.17) is 5.11 Å². The van der Waals surface area contributed by atoms with Gasteiger partial charge in [0, 0.05) is 39.1 Å².